The zero-order valence-corrected chi connectivity index (χ0v) is 15.1. The van der Waals surface area contributed by atoms with Crippen molar-refractivity contribution in [3.8, 4) is 0 Å². The van der Waals surface area contributed by atoms with Crippen LogP contribution < -0.4 is 5.32 Å². The fourth-order valence-electron chi connectivity index (χ4n) is 3.24. The number of nitrogens with zero attached hydrogens (tertiary/aromatic N) is 4. The summed E-state index contributed by atoms with van der Waals surface area (Å²) in [6, 6.07) is 13.8. The van der Waals surface area contributed by atoms with Gasteiger partial charge >= 0.3 is 0 Å². The highest BCUT2D eigenvalue weighted by atomic mass is 35.5. The van der Waals surface area contributed by atoms with Crippen LogP contribution in [0.2, 0.25) is 5.02 Å². The van der Waals surface area contributed by atoms with Gasteiger partial charge in [-0.05, 0) is 24.3 Å². The van der Waals surface area contributed by atoms with Crippen LogP contribution in [0.1, 0.15) is 5.82 Å². The molecular weight excluding hydrogens is 350 g/mol. The Morgan fingerprint density at radius 1 is 1.15 bits per heavy atom. The topological polar surface area (TPSA) is 64.7 Å². The third-order valence-electron chi connectivity index (χ3n) is 4.51. The van der Waals surface area contributed by atoms with Crippen LogP contribution in [-0.2, 0) is 24.8 Å². The van der Waals surface area contributed by atoms with Gasteiger partial charge in [0.2, 0.25) is 5.91 Å². The minimum absolute atomic E-state index is 0.0372. The second-order valence-electron chi connectivity index (χ2n) is 6.22. The molecular formula is C19H18ClN5O. The molecule has 0 saturated carbocycles. The molecule has 0 fully saturated rings. The van der Waals surface area contributed by atoms with Crippen LogP contribution in [0.25, 0.3) is 21.8 Å². The van der Waals surface area contributed by atoms with Gasteiger partial charge in [-0.3, -0.25) is 4.79 Å². The highest BCUT2D eigenvalue weighted by molar-refractivity contribution is 6.31. The van der Waals surface area contributed by atoms with Gasteiger partial charge in [0.05, 0.1) is 0 Å². The molecule has 0 aliphatic carbocycles. The number of halogens is 1. The number of rotatable bonds is 5. The summed E-state index contributed by atoms with van der Waals surface area (Å²) in [6.07, 6.45) is 2.30. The van der Waals surface area contributed by atoms with Gasteiger partial charge in [0, 0.05) is 46.8 Å². The number of para-hydroxylation sites is 1. The number of aryl methyl sites for hydroxylation is 1. The lowest BCUT2D eigenvalue weighted by molar-refractivity contribution is -0.121. The summed E-state index contributed by atoms with van der Waals surface area (Å²) in [4.78, 5) is 12.5. The second kappa shape index (κ2) is 6.80. The molecule has 0 atom stereocenters. The maximum atomic E-state index is 12.5. The van der Waals surface area contributed by atoms with Crippen molar-refractivity contribution in [1.82, 2.24) is 24.6 Å². The lowest BCUT2D eigenvalue weighted by Gasteiger charge is -2.09. The van der Waals surface area contributed by atoms with Crippen molar-refractivity contribution >= 4 is 39.3 Å². The Bertz CT molecular complexity index is 1100. The molecule has 0 unspecified atom stereocenters. The Hall–Kier alpha value is -2.86. The van der Waals surface area contributed by atoms with Crippen LogP contribution in [0.15, 0.2) is 48.8 Å². The first-order valence-electron chi connectivity index (χ1n) is 8.39. The number of carbonyl (C=O) groups is 1. The Labute approximate surface area is 155 Å². The Kier molecular flexibility index (Phi) is 4.34. The molecule has 1 N–H and O–H groups in total. The highest BCUT2D eigenvalue weighted by Gasteiger charge is 2.13. The standard InChI is InChI=1S/C19H18ClN5O/c1-24-12-22-23-18(24)8-9-21-19(26)11-25-16-5-3-2-4-14(16)15-10-13(20)6-7-17(15)25/h2-7,10,12H,8-9,11H2,1H3,(H,21,26). The van der Waals surface area contributed by atoms with E-state index in [-0.39, 0.29) is 12.5 Å². The maximum absolute atomic E-state index is 12.5. The number of nitrogens with one attached hydrogen (secondary N) is 1. The number of carbonyl (C=O) groups excluding carboxylic acids is 1. The van der Waals surface area contributed by atoms with E-state index in [1.54, 1.807) is 6.33 Å². The van der Waals surface area contributed by atoms with Crippen molar-refractivity contribution < 1.29 is 4.79 Å². The van der Waals surface area contributed by atoms with Crippen LogP contribution in [0, 0.1) is 0 Å². The van der Waals surface area contributed by atoms with Gasteiger partial charge < -0.3 is 14.5 Å². The first kappa shape index (κ1) is 16.6. The van der Waals surface area contributed by atoms with Crippen molar-refractivity contribution in [2.24, 2.45) is 7.05 Å². The molecule has 4 rings (SSSR count). The minimum Gasteiger partial charge on any atom is -0.354 e. The van der Waals surface area contributed by atoms with Crippen molar-refractivity contribution in [3.63, 3.8) is 0 Å². The van der Waals surface area contributed by atoms with Crippen LogP contribution in [0.5, 0.6) is 0 Å². The third kappa shape index (κ3) is 3.04. The molecule has 0 bridgehead atoms. The highest BCUT2D eigenvalue weighted by Crippen LogP contribution is 2.30. The monoisotopic (exact) mass is 367 g/mol. The normalized spacial score (nSPS) is 11.3. The number of benzene rings is 2. The molecule has 0 aliphatic rings. The van der Waals surface area contributed by atoms with Gasteiger partial charge in [-0.1, -0.05) is 29.8 Å². The average Bonchev–Trinajstić information content (AvgIpc) is 3.17. The zero-order valence-electron chi connectivity index (χ0n) is 14.3. The lowest BCUT2D eigenvalue weighted by atomic mass is 10.2. The Morgan fingerprint density at radius 3 is 2.77 bits per heavy atom. The van der Waals surface area contributed by atoms with Gasteiger partial charge in [0.25, 0.3) is 0 Å². The molecule has 2 aromatic heterocycles. The SMILES string of the molecule is Cn1cnnc1CCNC(=O)Cn1c2ccccc2c2cc(Cl)ccc21. The summed E-state index contributed by atoms with van der Waals surface area (Å²) in [5.74, 6) is 0.807. The van der Waals surface area contributed by atoms with Crippen molar-refractivity contribution in [3.05, 3.63) is 59.6 Å². The Balaban J connectivity index is 1.56. The van der Waals surface area contributed by atoms with Gasteiger partial charge in [-0.2, -0.15) is 0 Å². The van der Waals surface area contributed by atoms with Gasteiger partial charge in [-0.15, -0.1) is 10.2 Å². The number of hydrogen-bond donors (Lipinski definition) is 1. The fraction of sp³-hybridized carbons (Fsp3) is 0.211. The number of fused-ring (bicyclic) bond motifs is 3. The number of aromatic nitrogens is 4. The van der Waals surface area contributed by atoms with Gasteiger partial charge in [0.1, 0.15) is 18.7 Å². The van der Waals surface area contributed by atoms with E-state index >= 15 is 0 Å². The van der Waals surface area contributed by atoms with Crippen molar-refractivity contribution in [2.45, 2.75) is 13.0 Å². The summed E-state index contributed by atoms with van der Waals surface area (Å²) >= 11 is 6.16. The molecule has 6 nitrogen and oxygen atoms in total. The quantitative estimate of drug-likeness (QED) is 0.590. The summed E-state index contributed by atoms with van der Waals surface area (Å²) in [5.41, 5.74) is 2.02. The minimum atomic E-state index is -0.0372. The van der Waals surface area contributed by atoms with E-state index in [9.17, 15) is 4.79 Å². The van der Waals surface area contributed by atoms with E-state index in [2.05, 4.69) is 21.6 Å². The van der Waals surface area contributed by atoms with E-state index in [4.69, 9.17) is 11.6 Å². The summed E-state index contributed by atoms with van der Waals surface area (Å²) in [6.45, 7) is 0.777. The molecule has 0 radical (unpaired) electrons. The van der Waals surface area contributed by atoms with Crippen LogP contribution in [0.4, 0.5) is 0 Å². The van der Waals surface area contributed by atoms with E-state index in [1.807, 2.05) is 52.6 Å². The van der Waals surface area contributed by atoms with Gasteiger partial charge in [0.15, 0.2) is 0 Å². The predicted molar refractivity (Wildman–Crippen MR) is 102 cm³/mol. The molecule has 26 heavy (non-hydrogen) atoms. The molecule has 7 heteroatoms. The summed E-state index contributed by atoms with van der Waals surface area (Å²) < 4.78 is 3.88. The molecule has 0 spiro atoms. The second-order valence-corrected chi connectivity index (χ2v) is 6.66. The third-order valence-corrected chi connectivity index (χ3v) is 4.75. The first-order chi connectivity index (χ1) is 12.6. The molecule has 4 aromatic rings. The molecule has 0 saturated heterocycles. The summed E-state index contributed by atoms with van der Waals surface area (Å²) in [7, 11) is 1.89. The van der Waals surface area contributed by atoms with E-state index in [1.165, 1.54) is 0 Å². The smallest absolute Gasteiger partial charge is 0.239 e. The molecule has 2 heterocycles. The Morgan fingerprint density at radius 2 is 1.96 bits per heavy atom. The largest absolute Gasteiger partial charge is 0.354 e. The maximum Gasteiger partial charge on any atom is 0.239 e. The van der Waals surface area contributed by atoms with Crippen LogP contribution in [-0.4, -0.2) is 31.8 Å². The van der Waals surface area contributed by atoms with Crippen LogP contribution >= 0.6 is 11.6 Å². The predicted octanol–water partition coefficient (Wildman–Crippen LogP) is 2.94. The molecule has 132 valence electrons. The van der Waals surface area contributed by atoms with E-state index < -0.39 is 0 Å². The fourth-order valence-corrected chi connectivity index (χ4v) is 3.42. The first-order valence-corrected chi connectivity index (χ1v) is 8.77. The van der Waals surface area contributed by atoms with Crippen molar-refractivity contribution in [1.29, 1.82) is 0 Å². The molecule has 1 amide bonds. The van der Waals surface area contributed by atoms with Crippen LogP contribution in [0.3, 0.4) is 0 Å². The average molecular weight is 368 g/mol. The zero-order chi connectivity index (χ0) is 18.1. The number of hydrogen-bond acceptors (Lipinski definition) is 3. The van der Waals surface area contributed by atoms with Gasteiger partial charge in [-0.25, -0.2) is 0 Å². The number of amides is 1. The lowest BCUT2D eigenvalue weighted by Crippen LogP contribution is -2.29. The summed E-state index contributed by atoms with van der Waals surface area (Å²) in [5, 5.41) is 13.7. The molecule has 2 aromatic carbocycles. The van der Waals surface area contributed by atoms with E-state index in [0.717, 1.165) is 27.6 Å². The van der Waals surface area contributed by atoms with Crippen molar-refractivity contribution in [2.75, 3.05) is 6.54 Å². The van der Waals surface area contributed by atoms with E-state index in [0.29, 0.717) is 18.0 Å². The molecule has 0 aliphatic heterocycles.